The molecule has 1 aromatic rings. The number of rotatable bonds is 5. The predicted octanol–water partition coefficient (Wildman–Crippen LogP) is 1.04. The molecule has 154 valence electrons. The van der Waals surface area contributed by atoms with Gasteiger partial charge >= 0.3 is 17.6 Å². The Bertz CT molecular complexity index is 1090. The number of anilines is 1. The van der Waals surface area contributed by atoms with E-state index in [4.69, 9.17) is 0 Å². The lowest BCUT2D eigenvalue weighted by Gasteiger charge is -2.24. The van der Waals surface area contributed by atoms with Crippen LogP contribution in [0.25, 0.3) is 0 Å². The highest BCUT2D eigenvalue weighted by Crippen LogP contribution is 2.41. The standard InChI is InChI=1S/C16H14N2O10S/c1-27-15(20)10-5-3-4-6-17(13(10)16(21)28-2)11-7-9(29(24,25)26)8-12(14(11)19)18(22)23/h3-8,19H,1-2H3,(H,24,25,26). The number of nitro benzene ring substituents is 1. The molecule has 0 radical (unpaired) electrons. The van der Waals surface area contributed by atoms with Gasteiger partial charge in [-0.3, -0.25) is 14.7 Å². The Morgan fingerprint density at radius 2 is 1.76 bits per heavy atom. The van der Waals surface area contributed by atoms with Crippen LogP contribution in [-0.4, -0.2) is 49.2 Å². The summed E-state index contributed by atoms with van der Waals surface area (Å²) in [5.41, 5.74) is -2.52. The molecule has 0 fully saturated rings. The summed E-state index contributed by atoms with van der Waals surface area (Å²) in [5.74, 6) is -3.10. The van der Waals surface area contributed by atoms with Crippen LogP contribution in [0.5, 0.6) is 5.75 Å². The van der Waals surface area contributed by atoms with Crippen molar-refractivity contribution in [2.45, 2.75) is 4.90 Å². The number of nitrogens with zero attached hydrogens (tertiary/aromatic N) is 2. The maximum absolute atomic E-state index is 12.4. The summed E-state index contributed by atoms with van der Waals surface area (Å²) >= 11 is 0. The van der Waals surface area contributed by atoms with Gasteiger partial charge in [-0.1, -0.05) is 6.08 Å². The molecule has 0 saturated heterocycles. The fourth-order valence-corrected chi connectivity index (χ4v) is 2.92. The van der Waals surface area contributed by atoms with Gasteiger partial charge in [0.25, 0.3) is 10.1 Å². The topological polar surface area (TPSA) is 174 Å². The van der Waals surface area contributed by atoms with Crippen LogP contribution >= 0.6 is 0 Å². The monoisotopic (exact) mass is 426 g/mol. The number of hydrogen-bond acceptors (Lipinski definition) is 10. The molecule has 0 atom stereocenters. The number of carbonyl (C=O) groups is 2. The first-order valence-corrected chi connectivity index (χ1v) is 9.00. The molecule has 0 spiro atoms. The zero-order valence-corrected chi connectivity index (χ0v) is 15.7. The molecule has 13 heteroatoms. The molecular formula is C16H14N2O10S. The Labute approximate surface area is 163 Å². The molecule has 1 aromatic carbocycles. The van der Waals surface area contributed by atoms with Crippen molar-refractivity contribution in [2.24, 2.45) is 0 Å². The zero-order valence-electron chi connectivity index (χ0n) is 14.9. The summed E-state index contributed by atoms with van der Waals surface area (Å²) in [6, 6.07) is 1.13. The molecule has 1 heterocycles. The number of allylic oxidation sites excluding steroid dienone is 2. The summed E-state index contributed by atoms with van der Waals surface area (Å²) in [5, 5.41) is 21.6. The van der Waals surface area contributed by atoms with E-state index in [0.29, 0.717) is 12.1 Å². The molecule has 1 aliphatic rings. The third-order valence-corrected chi connectivity index (χ3v) is 4.52. The van der Waals surface area contributed by atoms with E-state index in [1.807, 2.05) is 0 Å². The number of aromatic hydroxyl groups is 1. The van der Waals surface area contributed by atoms with Crippen molar-refractivity contribution in [3.63, 3.8) is 0 Å². The van der Waals surface area contributed by atoms with Gasteiger partial charge in [0.2, 0.25) is 5.75 Å². The number of ether oxygens (including phenoxy) is 2. The van der Waals surface area contributed by atoms with Crippen molar-refractivity contribution in [1.29, 1.82) is 0 Å². The van der Waals surface area contributed by atoms with Gasteiger partial charge in [0.05, 0.1) is 30.4 Å². The number of methoxy groups -OCH3 is 2. The molecule has 29 heavy (non-hydrogen) atoms. The van der Waals surface area contributed by atoms with E-state index in [9.17, 15) is 37.8 Å². The van der Waals surface area contributed by atoms with Crippen molar-refractivity contribution < 1.29 is 42.1 Å². The van der Waals surface area contributed by atoms with E-state index in [-0.39, 0.29) is 5.57 Å². The number of phenolic OH excluding ortho intramolecular Hbond substituents is 1. The summed E-state index contributed by atoms with van der Waals surface area (Å²) in [6.07, 6.45) is 4.93. The lowest BCUT2D eigenvalue weighted by atomic mass is 10.1. The van der Waals surface area contributed by atoms with Crippen LogP contribution in [0, 0.1) is 10.1 Å². The van der Waals surface area contributed by atoms with Crippen molar-refractivity contribution in [3.8, 4) is 5.75 Å². The first kappa shape index (κ1) is 21.6. The van der Waals surface area contributed by atoms with Crippen molar-refractivity contribution in [2.75, 3.05) is 19.1 Å². The highest BCUT2D eigenvalue weighted by atomic mass is 32.2. The molecule has 2 rings (SSSR count). The van der Waals surface area contributed by atoms with E-state index in [1.165, 1.54) is 18.2 Å². The Hall–Kier alpha value is -3.71. The summed E-state index contributed by atoms with van der Waals surface area (Å²) in [4.78, 5) is 34.5. The largest absolute Gasteiger partial charge is 0.501 e. The Morgan fingerprint density at radius 1 is 1.14 bits per heavy atom. The third kappa shape index (κ3) is 4.25. The first-order chi connectivity index (χ1) is 13.5. The lowest BCUT2D eigenvalue weighted by molar-refractivity contribution is -0.386. The highest BCUT2D eigenvalue weighted by Gasteiger charge is 2.32. The Morgan fingerprint density at radius 3 is 2.28 bits per heavy atom. The maximum Gasteiger partial charge on any atom is 0.355 e. The van der Waals surface area contributed by atoms with E-state index >= 15 is 0 Å². The van der Waals surface area contributed by atoms with Crippen molar-refractivity contribution in [3.05, 3.63) is 57.9 Å². The minimum absolute atomic E-state index is 0.344. The van der Waals surface area contributed by atoms with Crippen LogP contribution < -0.4 is 4.90 Å². The summed E-state index contributed by atoms with van der Waals surface area (Å²) < 4.78 is 41.6. The average molecular weight is 426 g/mol. The predicted molar refractivity (Wildman–Crippen MR) is 96.4 cm³/mol. The van der Waals surface area contributed by atoms with E-state index in [2.05, 4.69) is 9.47 Å². The van der Waals surface area contributed by atoms with Gasteiger partial charge in [-0.15, -0.1) is 0 Å². The second kappa shape index (κ2) is 8.12. The molecule has 1 aliphatic heterocycles. The molecule has 0 saturated carbocycles. The normalized spacial score (nSPS) is 13.8. The smallest absolute Gasteiger partial charge is 0.355 e. The van der Waals surface area contributed by atoms with Gasteiger partial charge in [-0.25, -0.2) is 9.59 Å². The van der Waals surface area contributed by atoms with Gasteiger partial charge in [0, 0.05) is 12.3 Å². The van der Waals surface area contributed by atoms with E-state index in [1.54, 1.807) is 0 Å². The molecule has 12 nitrogen and oxygen atoms in total. The quantitative estimate of drug-likeness (QED) is 0.298. The van der Waals surface area contributed by atoms with Crippen molar-refractivity contribution in [1.82, 2.24) is 0 Å². The second-order valence-electron chi connectivity index (χ2n) is 5.36. The van der Waals surface area contributed by atoms with Crippen LogP contribution in [0.15, 0.2) is 52.7 Å². The van der Waals surface area contributed by atoms with E-state index in [0.717, 1.165) is 25.3 Å². The van der Waals surface area contributed by atoms with Gasteiger partial charge < -0.3 is 19.5 Å². The molecule has 0 amide bonds. The fourth-order valence-electron chi connectivity index (χ4n) is 2.40. The van der Waals surface area contributed by atoms with E-state index < -0.39 is 54.7 Å². The maximum atomic E-state index is 12.4. The molecule has 2 N–H and O–H groups in total. The van der Waals surface area contributed by atoms with Crippen LogP contribution in [-0.2, 0) is 29.2 Å². The van der Waals surface area contributed by atoms with Gasteiger partial charge in [-0.05, 0) is 18.2 Å². The molecular weight excluding hydrogens is 412 g/mol. The molecule has 0 bridgehead atoms. The number of esters is 2. The van der Waals surface area contributed by atoms with Gasteiger partial charge in [0.15, 0.2) is 0 Å². The van der Waals surface area contributed by atoms with Crippen molar-refractivity contribution >= 4 is 33.4 Å². The molecule has 0 aliphatic carbocycles. The minimum Gasteiger partial charge on any atom is -0.501 e. The molecule has 0 aromatic heterocycles. The number of hydrogen-bond donors (Lipinski definition) is 2. The molecule has 0 unspecified atom stereocenters. The minimum atomic E-state index is -4.93. The zero-order chi connectivity index (χ0) is 21.9. The van der Waals surface area contributed by atoms with Crippen LogP contribution in [0.3, 0.4) is 0 Å². The van der Waals surface area contributed by atoms with Crippen LogP contribution in [0.4, 0.5) is 11.4 Å². The number of carbonyl (C=O) groups excluding carboxylic acids is 2. The van der Waals surface area contributed by atoms with Crippen LogP contribution in [0.1, 0.15) is 0 Å². The summed E-state index contributed by atoms with van der Waals surface area (Å²) in [7, 11) is -2.89. The highest BCUT2D eigenvalue weighted by molar-refractivity contribution is 7.85. The third-order valence-electron chi connectivity index (χ3n) is 3.69. The van der Waals surface area contributed by atoms with Gasteiger partial charge in [-0.2, -0.15) is 8.42 Å². The summed E-state index contributed by atoms with van der Waals surface area (Å²) in [6.45, 7) is 0. The van der Waals surface area contributed by atoms with Crippen LogP contribution in [0.2, 0.25) is 0 Å². The number of nitro groups is 1. The second-order valence-corrected chi connectivity index (χ2v) is 6.78. The first-order valence-electron chi connectivity index (χ1n) is 7.56. The Kier molecular flexibility index (Phi) is 6.04. The Balaban J connectivity index is 2.92. The fraction of sp³-hybridized carbons (Fsp3) is 0.125. The SMILES string of the molecule is COC(=O)C1=C(C(=O)OC)N(c2cc(S(=O)(=O)O)cc([N+](=O)[O-])c2O)C=CC=C1. The number of phenols is 1. The van der Waals surface area contributed by atoms with Gasteiger partial charge in [0.1, 0.15) is 10.6 Å². The number of benzene rings is 1. The average Bonchev–Trinajstić information content (AvgIpc) is 2.88. The lowest BCUT2D eigenvalue weighted by Crippen LogP contribution is -2.27.